The molecule has 1 aliphatic heterocycles. The predicted molar refractivity (Wildman–Crippen MR) is 191 cm³/mol. The van der Waals surface area contributed by atoms with Crippen LogP contribution in [0.5, 0.6) is 11.5 Å². The highest BCUT2D eigenvalue weighted by molar-refractivity contribution is 6.02. The van der Waals surface area contributed by atoms with Gasteiger partial charge in [0.05, 0.1) is 5.52 Å². The Morgan fingerprint density at radius 2 is 1.69 bits per heavy atom. The first kappa shape index (κ1) is 34.0. The monoisotopic (exact) mass is 648 g/mol. The summed E-state index contributed by atoms with van der Waals surface area (Å²) in [4.78, 5) is 36.0. The lowest BCUT2D eigenvalue weighted by atomic mass is 10.0. The predicted octanol–water partition coefficient (Wildman–Crippen LogP) is 7.00. The van der Waals surface area contributed by atoms with Gasteiger partial charge < -0.3 is 25.2 Å². The number of fused-ring (bicyclic) bond motifs is 1. The van der Waals surface area contributed by atoms with Gasteiger partial charge in [-0.15, -0.1) is 0 Å². The molecule has 1 aromatic heterocycles. The molecule has 2 aliphatic rings. The van der Waals surface area contributed by atoms with Crippen LogP contribution in [0.3, 0.4) is 0 Å². The van der Waals surface area contributed by atoms with Crippen LogP contribution in [0.4, 0.5) is 15.8 Å². The molecule has 9 nitrogen and oxygen atoms in total. The summed E-state index contributed by atoms with van der Waals surface area (Å²) in [7, 11) is 3.99. The Balaban J connectivity index is 0.000000387. The Bertz CT molecular complexity index is 1810. The molecule has 10 heteroatoms. The zero-order chi connectivity index (χ0) is 34.1. The van der Waals surface area contributed by atoms with Gasteiger partial charge in [-0.3, -0.25) is 19.6 Å². The molecule has 2 fully saturated rings. The third-order valence-electron chi connectivity index (χ3n) is 8.55. The minimum absolute atomic E-state index is 0.0795. The quantitative estimate of drug-likeness (QED) is 0.0878. The van der Waals surface area contributed by atoms with Gasteiger partial charge in [0.2, 0.25) is 12.3 Å². The number of carbonyl (C=O) groups is 2. The number of rotatable bonds is 9. The van der Waals surface area contributed by atoms with E-state index in [2.05, 4.69) is 62.2 Å². The number of benzene rings is 3. The fraction of sp³-hybridized carbons (Fsp3) is 0.263. The van der Waals surface area contributed by atoms with Gasteiger partial charge in [-0.2, -0.15) is 0 Å². The fourth-order valence-electron chi connectivity index (χ4n) is 5.17. The van der Waals surface area contributed by atoms with E-state index in [9.17, 15) is 14.0 Å². The van der Waals surface area contributed by atoms with Gasteiger partial charge in [0.25, 0.3) is 0 Å². The number of carbonyl (C=O) groups excluding carboxylic acids is 2. The molecular weight excluding hydrogens is 607 g/mol. The highest BCUT2D eigenvalue weighted by atomic mass is 19.1. The van der Waals surface area contributed by atoms with E-state index in [0.29, 0.717) is 17.8 Å². The van der Waals surface area contributed by atoms with E-state index in [0.717, 1.165) is 78.3 Å². The summed E-state index contributed by atoms with van der Waals surface area (Å²) in [6.07, 6.45) is 8.17. The summed E-state index contributed by atoms with van der Waals surface area (Å²) >= 11 is 0. The summed E-state index contributed by atoms with van der Waals surface area (Å²) < 4.78 is 18.4. The molecule has 0 atom stereocenters. The van der Waals surface area contributed by atoms with Crippen molar-refractivity contribution in [3.8, 4) is 11.5 Å². The number of pyridine rings is 1. The molecule has 2 N–H and O–H groups in total. The number of amidine groups is 1. The molecule has 0 radical (unpaired) electrons. The van der Waals surface area contributed by atoms with E-state index in [1.807, 2.05) is 56.4 Å². The Morgan fingerprint density at radius 3 is 2.31 bits per heavy atom. The summed E-state index contributed by atoms with van der Waals surface area (Å²) in [5, 5.41) is 6.30. The molecule has 1 aliphatic carbocycles. The van der Waals surface area contributed by atoms with Crippen LogP contribution in [0.1, 0.15) is 25.3 Å². The van der Waals surface area contributed by atoms with Gasteiger partial charge in [-0.25, -0.2) is 4.39 Å². The number of halogens is 1. The molecule has 1 saturated carbocycles. The van der Waals surface area contributed by atoms with Gasteiger partial charge >= 0.3 is 0 Å². The molecule has 0 bridgehead atoms. The summed E-state index contributed by atoms with van der Waals surface area (Å²) in [5.41, 5.74) is 4.02. The van der Waals surface area contributed by atoms with Gasteiger partial charge in [0.15, 0.2) is 0 Å². The number of likely N-dealkylation sites (N-methyl/N-ethyl adjacent to an activating group) is 1. The summed E-state index contributed by atoms with van der Waals surface area (Å²) in [6.45, 7) is 10.0. The number of aliphatic imine (C=N–C) groups is 1. The van der Waals surface area contributed by atoms with E-state index in [4.69, 9.17) is 4.74 Å². The van der Waals surface area contributed by atoms with Gasteiger partial charge in [-0.1, -0.05) is 25.6 Å². The van der Waals surface area contributed by atoms with E-state index in [1.165, 1.54) is 24.3 Å². The van der Waals surface area contributed by atoms with Crippen LogP contribution < -0.4 is 15.4 Å². The molecule has 3 aromatic carbocycles. The first-order valence-corrected chi connectivity index (χ1v) is 15.9. The molecule has 248 valence electrons. The number of nitrogens with one attached hydrogen (secondary N) is 2. The van der Waals surface area contributed by atoms with Crippen LogP contribution >= 0.6 is 0 Å². The van der Waals surface area contributed by atoms with E-state index < -0.39 is 0 Å². The Kier molecular flexibility index (Phi) is 11.0. The van der Waals surface area contributed by atoms with Crippen LogP contribution in [0.15, 0.2) is 103 Å². The minimum Gasteiger partial charge on any atom is -0.457 e. The standard InChI is InChI=1S/C31H35N5O2.C7H6FNO/c1-5-22(21-29(32-3)36-18-16-35(4)17-19-36)23-6-11-26-27(20-23)33-15-12-28(26)38-25-9-7-24(8-10-25)34-30(37)31(2)13-14-31;8-6-1-3-7(4-2-6)9-5-10/h5-12,15,20-21H,1,13-14,16-19H2,2-4H3,(H,34,37);1-5H,(H,9,10)/b22-21+,32-29?;. The topological polar surface area (TPSA) is 99.2 Å². The minimum atomic E-state index is -0.309. The summed E-state index contributed by atoms with van der Waals surface area (Å²) in [6, 6.07) is 21.1. The first-order valence-electron chi connectivity index (χ1n) is 15.9. The smallest absolute Gasteiger partial charge is 0.230 e. The third kappa shape index (κ3) is 8.71. The highest BCUT2D eigenvalue weighted by Gasteiger charge is 2.44. The molecule has 0 spiro atoms. The van der Waals surface area contributed by atoms with Crippen LogP contribution in [0.25, 0.3) is 16.5 Å². The van der Waals surface area contributed by atoms with Crippen molar-refractivity contribution in [2.45, 2.75) is 19.8 Å². The van der Waals surface area contributed by atoms with Crippen molar-refractivity contribution in [3.05, 3.63) is 109 Å². The molecule has 0 unspecified atom stereocenters. The van der Waals surface area contributed by atoms with E-state index in [1.54, 1.807) is 6.20 Å². The van der Waals surface area contributed by atoms with Crippen molar-refractivity contribution in [1.82, 2.24) is 14.8 Å². The number of hydrogen-bond acceptors (Lipinski definition) is 6. The zero-order valence-electron chi connectivity index (χ0n) is 27.6. The Morgan fingerprint density at radius 1 is 1.00 bits per heavy atom. The van der Waals surface area contributed by atoms with Crippen LogP contribution in [-0.4, -0.2) is 73.2 Å². The van der Waals surface area contributed by atoms with Crippen molar-refractivity contribution in [3.63, 3.8) is 0 Å². The lowest BCUT2D eigenvalue weighted by Crippen LogP contribution is -2.46. The number of piperazine rings is 1. The number of ether oxygens (including phenoxy) is 1. The highest BCUT2D eigenvalue weighted by Crippen LogP contribution is 2.45. The van der Waals surface area contributed by atoms with Crippen LogP contribution in [0.2, 0.25) is 0 Å². The Hall–Kier alpha value is -5.35. The normalized spacial score (nSPS) is 16.0. The molecule has 2 heterocycles. The van der Waals surface area contributed by atoms with E-state index in [-0.39, 0.29) is 17.1 Å². The number of nitrogens with zero attached hydrogens (tertiary/aromatic N) is 4. The van der Waals surface area contributed by atoms with Crippen molar-refractivity contribution in [2.75, 3.05) is 50.9 Å². The number of allylic oxidation sites excluding steroid dienone is 2. The second-order valence-electron chi connectivity index (χ2n) is 12.1. The fourth-order valence-corrected chi connectivity index (χ4v) is 5.17. The molecule has 6 rings (SSSR count). The maximum Gasteiger partial charge on any atom is 0.230 e. The molecule has 2 amide bonds. The molecular formula is C38H41FN6O3. The average Bonchev–Trinajstić information content (AvgIpc) is 3.86. The van der Waals surface area contributed by atoms with Crippen LogP contribution in [-0.2, 0) is 9.59 Å². The molecule has 48 heavy (non-hydrogen) atoms. The first-order chi connectivity index (χ1) is 23.2. The SMILES string of the molecule is C=C/C(=C\C(=NC)N1CCN(C)CC1)c1ccc2c(Oc3ccc(NC(=O)C4(C)CC4)cc3)ccnc2c1.O=CNc1ccc(F)cc1. The second kappa shape index (κ2) is 15.5. The molecule has 1 saturated heterocycles. The molecule has 4 aromatic rings. The van der Waals surface area contributed by atoms with Crippen LogP contribution in [0, 0.1) is 11.2 Å². The lowest BCUT2D eigenvalue weighted by molar-refractivity contribution is -0.120. The zero-order valence-corrected chi connectivity index (χ0v) is 27.6. The summed E-state index contributed by atoms with van der Waals surface area (Å²) in [5.74, 6) is 2.15. The van der Waals surface area contributed by atoms with Gasteiger partial charge in [0.1, 0.15) is 23.2 Å². The third-order valence-corrected chi connectivity index (χ3v) is 8.55. The van der Waals surface area contributed by atoms with Crippen molar-refractivity contribution in [2.24, 2.45) is 10.4 Å². The lowest BCUT2D eigenvalue weighted by Gasteiger charge is -2.33. The largest absolute Gasteiger partial charge is 0.457 e. The maximum absolute atomic E-state index is 12.3. The van der Waals surface area contributed by atoms with Crippen molar-refractivity contribution in [1.29, 1.82) is 0 Å². The number of hydrogen-bond donors (Lipinski definition) is 2. The second-order valence-corrected chi connectivity index (χ2v) is 12.1. The maximum atomic E-state index is 12.3. The Labute approximate surface area is 280 Å². The average molecular weight is 649 g/mol. The van der Waals surface area contributed by atoms with Crippen molar-refractivity contribution < 1.29 is 18.7 Å². The van der Waals surface area contributed by atoms with Gasteiger partial charge in [-0.05, 0) is 104 Å². The number of amides is 2. The number of aromatic nitrogens is 1. The van der Waals surface area contributed by atoms with Crippen molar-refractivity contribution >= 4 is 46.0 Å². The van der Waals surface area contributed by atoms with E-state index >= 15 is 0 Å². The van der Waals surface area contributed by atoms with Gasteiger partial charge in [0, 0.05) is 61.6 Å². The number of anilines is 2.